The van der Waals surface area contributed by atoms with Crippen molar-refractivity contribution in [3.8, 4) is 0 Å². The third kappa shape index (κ3) is 3.62. The summed E-state index contributed by atoms with van der Waals surface area (Å²) in [6.45, 7) is 3.27. The third-order valence-corrected chi connectivity index (χ3v) is 5.15. The molecule has 1 saturated heterocycles. The number of benzene rings is 1. The number of hydrogen-bond donors (Lipinski definition) is 1. The molecular weight excluding hydrogens is 309 g/mol. The number of alkyl halides is 3. The van der Waals surface area contributed by atoms with Crippen LogP contribution in [-0.2, 0) is 0 Å². The lowest BCUT2D eigenvalue weighted by Gasteiger charge is -2.35. The van der Waals surface area contributed by atoms with Gasteiger partial charge in [0.2, 0.25) is 0 Å². The van der Waals surface area contributed by atoms with Gasteiger partial charge in [-0.1, -0.05) is 18.2 Å². The first-order chi connectivity index (χ1) is 10.5. The van der Waals surface area contributed by atoms with Gasteiger partial charge < -0.3 is 5.32 Å². The lowest BCUT2D eigenvalue weighted by Crippen LogP contribution is -2.45. The molecule has 1 aromatic carbocycles. The SMILES string of the molecule is FC(F)(F)CC[C@@H](c1csc2ccccc12)N1CCNCC1. The Hall–Kier alpha value is -1.11. The molecule has 1 aliphatic heterocycles. The van der Waals surface area contributed by atoms with Crippen LogP contribution >= 0.6 is 11.3 Å². The van der Waals surface area contributed by atoms with Gasteiger partial charge in [0.05, 0.1) is 0 Å². The monoisotopic (exact) mass is 328 g/mol. The van der Waals surface area contributed by atoms with Crippen molar-refractivity contribution in [3.63, 3.8) is 0 Å². The average molecular weight is 328 g/mol. The maximum Gasteiger partial charge on any atom is 0.389 e. The Labute approximate surface area is 131 Å². The zero-order chi connectivity index (χ0) is 15.6. The van der Waals surface area contributed by atoms with E-state index in [4.69, 9.17) is 0 Å². The van der Waals surface area contributed by atoms with Crippen LogP contribution in [0.5, 0.6) is 0 Å². The minimum Gasteiger partial charge on any atom is -0.314 e. The number of hydrogen-bond acceptors (Lipinski definition) is 3. The predicted octanol–water partition coefficient (Wildman–Crippen LogP) is 4.19. The summed E-state index contributed by atoms with van der Waals surface area (Å²) in [5.41, 5.74) is 1.05. The molecule has 0 amide bonds. The van der Waals surface area contributed by atoms with Crippen LogP contribution < -0.4 is 5.32 Å². The second-order valence-electron chi connectivity index (χ2n) is 5.64. The third-order valence-electron chi connectivity index (χ3n) is 4.16. The van der Waals surface area contributed by atoms with E-state index in [1.807, 2.05) is 29.6 Å². The quantitative estimate of drug-likeness (QED) is 0.905. The molecule has 6 heteroatoms. The van der Waals surface area contributed by atoms with Crippen LogP contribution in [0, 0.1) is 0 Å². The van der Waals surface area contributed by atoms with E-state index < -0.39 is 12.6 Å². The van der Waals surface area contributed by atoms with Gasteiger partial charge in [0.15, 0.2) is 0 Å². The number of piperazine rings is 1. The Kier molecular flexibility index (Phi) is 4.70. The summed E-state index contributed by atoms with van der Waals surface area (Å²) in [5, 5.41) is 6.39. The van der Waals surface area contributed by atoms with Gasteiger partial charge in [-0.3, -0.25) is 4.90 Å². The fourth-order valence-electron chi connectivity index (χ4n) is 3.09. The molecule has 120 valence electrons. The number of nitrogens with one attached hydrogen (secondary N) is 1. The lowest BCUT2D eigenvalue weighted by atomic mass is 9.98. The molecule has 1 N–H and O–H groups in total. The summed E-state index contributed by atoms with van der Waals surface area (Å²) < 4.78 is 39.3. The topological polar surface area (TPSA) is 15.3 Å². The Balaban J connectivity index is 1.89. The molecule has 2 heterocycles. The van der Waals surface area contributed by atoms with Crippen LogP contribution in [0.2, 0.25) is 0 Å². The van der Waals surface area contributed by atoms with Crippen molar-refractivity contribution in [3.05, 3.63) is 35.2 Å². The van der Waals surface area contributed by atoms with Crippen LogP contribution in [0.15, 0.2) is 29.6 Å². The van der Waals surface area contributed by atoms with Crippen molar-refractivity contribution in [1.29, 1.82) is 0 Å². The summed E-state index contributed by atoms with van der Waals surface area (Å²) in [6.07, 6.45) is -4.70. The first-order valence-electron chi connectivity index (χ1n) is 7.52. The zero-order valence-corrected chi connectivity index (χ0v) is 13.0. The van der Waals surface area contributed by atoms with Crippen LogP contribution in [0.4, 0.5) is 13.2 Å². The van der Waals surface area contributed by atoms with Gasteiger partial charge in [-0.2, -0.15) is 13.2 Å². The molecule has 22 heavy (non-hydrogen) atoms. The van der Waals surface area contributed by atoms with E-state index >= 15 is 0 Å². The fraction of sp³-hybridized carbons (Fsp3) is 0.500. The van der Waals surface area contributed by atoms with Gasteiger partial charge in [0.1, 0.15) is 0 Å². The maximum atomic E-state index is 12.7. The number of rotatable bonds is 4. The molecule has 1 aromatic heterocycles. The highest BCUT2D eigenvalue weighted by atomic mass is 32.1. The average Bonchev–Trinajstić information content (AvgIpc) is 2.92. The molecule has 0 spiro atoms. The minimum atomic E-state index is -4.10. The van der Waals surface area contributed by atoms with Gasteiger partial charge in [0, 0.05) is 43.3 Å². The molecule has 0 bridgehead atoms. The summed E-state index contributed by atoms with van der Waals surface area (Å²) in [6, 6.07) is 7.82. The van der Waals surface area contributed by atoms with Crippen molar-refractivity contribution in [2.75, 3.05) is 26.2 Å². The Morgan fingerprint density at radius 3 is 2.64 bits per heavy atom. The zero-order valence-electron chi connectivity index (χ0n) is 12.2. The van der Waals surface area contributed by atoms with Crippen LogP contribution in [0.25, 0.3) is 10.1 Å². The van der Waals surface area contributed by atoms with E-state index in [9.17, 15) is 13.2 Å². The highest BCUT2D eigenvalue weighted by molar-refractivity contribution is 7.17. The maximum absolute atomic E-state index is 12.7. The van der Waals surface area contributed by atoms with Crippen molar-refractivity contribution in [2.45, 2.75) is 25.1 Å². The standard InChI is InChI=1S/C16H19F3N2S/c17-16(18,19)6-5-14(21-9-7-20-8-10-21)13-11-22-15-4-2-1-3-12(13)15/h1-4,11,14,20H,5-10H2/t14-/m0/s1. The molecule has 1 fully saturated rings. The number of thiophene rings is 1. The minimum absolute atomic E-state index is 0.129. The van der Waals surface area contributed by atoms with E-state index in [1.54, 1.807) is 11.3 Å². The normalized spacial score (nSPS) is 18.7. The molecule has 3 rings (SSSR count). The lowest BCUT2D eigenvalue weighted by molar-refractivity contribution is -0.138. The summed E-state index contributed by atoms with van der Waals surface area (Å²) in [5.74, 6) is 0. The number of fused-ring (bicyclic) bond motifs is 1. The van der Waals surface area contributed by atoms with Crippen molar-refractivity contribution < 1.29 is 13.2 Å². The smallest absolute Gasteiger partial charge is 0.314 e. The second kappa shape index (κ2) is 6.56. The molecule has 0 aliphatic carbocycles. The molecule has 2 aromatic rings. The van der Waals surface area contributed by atoms with E-state index in [0.29, 0.717) is 0 Å². The van der Waals surface area contributed by atoms with E-state index in [2.05, 4.69) is 10.2 Å². The summed E-state index contributed by atoms with van der Waals surface area (Å²) in [7, 11) is 0. The van der Waals surface area contributed by atoms with E-state index in [-0.39, 0.29) is 12.5 Å². The highest BCUT2D eigenvalue weighted by Crippen LogP contribution is 2.37. The Morgan fingerprint density at radius 2 is 1.91 bits per heavy atom. The number of halogens is 3. The highest BCUT2D eigenvalue weighted by Gasteiger charge is 2.32. The molecular formula is C16H19F3N2S. The molecule has 0 saturated carbocycles. The first-order valence-corrected chi connectivity index (χ1v) is 8.40. The van der Waals surface area contributed by atoms with Crippen LogP contribution in [-0.4, -0.2) is 37.3 Å². The van der Waals surface area contributed by atoms with Gasteiger partial charge in [-0.15, -0.1) is 11.3 Å². The van der Waals surface area contributed by atoms with Gasteiger partial charge in [0.25, 0.3) is 0 Å². The van der Waals surface area contributed by atoms with E-state index in [1.165, 1.54) is 0 Å². The summed E-state index contributed by atoms with van der Waals surface area (Å²) in [4.78, 5) is 2.19. The fourth-order valence-corrected chi connectivity index (χ4v) is 4.09. The van der Waals surface area contributed by atoms with Gasteiger partial charge in [-0.25, -0.2) is 0 Å². The Morgan fingerprint density at radius 1 is 1.18 bits per heavy atom. The second-order valence-corrected chi connectivity index (χ2v) is 6.55. The largest absolute Gasteiger partial charge is 0.389 e. The Bertz CT molecular complexity index is 617. The molecule has 1 aliphatic rings. The molecule has 0 radical (unpaired) electrons. The van der Waals surface area contributed by atoms with Crippen molar-refractivity contribution in [1.82, 2.24) is 10.2 Å². The van der Waals surface area contributed by atoms with Gasteiger partial charge in [-0.05, 0) is 28.8 Å². The molecule has 1 atom stereocenters. The van der Waals surface area contributed by atoms with Crippen molar-refractivity contribution >= 4 is 21.4 Å². The van der Waals surface area contributed by atoms with Crippen LogP contribution in [0.3, 0.4) is 0 Å². The predicted molar refractivity (Wildman–Crippen MR) is 84.3 cm³/mol. The van der Waals surface area contributed by atoms with Gasteiger partial charge >= 0.3 is 6.18 Å². The van der Waals surface area contributed by atoms with Crippen LogP contribution in [0.1, 0.15) is 24.4 Å². The first kappa shape index (κ1) is 15.8. The van der Waals surface area contributed by atoms with E-state index in [0.717, 1.165) is 41.8 Å². The summed E-state index contributed by atoms with van der Waals surface area (Å²) >= 11 is 1.62. The molecule has 0 unspecified atom stereocenters. The number of nitrogens with zero attached hydrogens (tertiary/aromatic N) is 1. The molecule has 2 nitrogen and oxygen atoms in total. The van der Waals surface area contributed by atoms with Crippen molar-refractivity contribution in [2.24, 2.45) is 0 Å².